The summed E-state index contributed by atoms with van der Waals surface area (Å²) in [6.45, 7) is 9.43. The van der Waals surface area contributed by atoms with Gasteiger partial charge < -0.3 is 20.7 Å². The fourth-order valence-electron chi connectivity index (χ4n) is 3.32. The molecule has 2 rings (SSSR count). The number of hydrogen-bond donors (Lipinski definition) is 2. The molecule has 0 spiro atoms. The molecule has 26 heavy (non-hydrogen) atoms. The van der Waals surface area contributed by atoms with Crippen LogP contribution in [0.4, 0.5) is 5.69 Å². The largest absolute Gasteiger partial charge is 0.378 e. The van der Waals surface area contributed by atoms with Crippen LogP contribution >= 0.6 is 24.8 Å². The first kappa shape index (κ1) is 25.1. The average molecular weight is 406 g/mol. The molecule has 0 saturated heterocycles. The number of anilines is 1. The van der Waals surface area contributed by atoms with E-state index < -0.39 is 5.54 Å². The van der Waals surface area contributed by atoms with Crippen LogP contribution < -0.4 is 11.1 Å². The van der Waals surface area contributed by atoms with E-state index in [-0.39, 0.29) is 42.2 Å². The Morgan fingerprint density at radius 1 is 1.35 bits per heavy atom. The van der Waals surface area contributed by atoms with Gasteiger partial charge in [0.25, 0.3) is 0 Å². The number of nitrogens with one attached hydrogen (secondary N) is 1. The summed E-state index contributed by atoms with van der Waals surface area (Å²) in [5.74, 6) is -0.131. The first-order valence-electron chi connectivity index (χ1n) is 8.58. The van der Waals surface area contributed by atoms with Crippen LogP contribution in [-0.4, -0.2) is 43.2 Å². The SMILES string of the molecule is CCOC1CC(N)(C(=O)Nc2cc(CN(C)C)ccc2C)C1(C)C.Cl.Cl. The van der Waals surface area contributed by atoms with E-state index in [9.17, 15) is 4.79 Å². The lowest BCUT2D eigenvalue weighted by Gasteiger charge is -2.57. The van der Waals surface area contributed by atoms with Crippen molar-refractivity contribution in [2.75, 3.05) is 26.0 Å². The zero-order valence-electron chi connectivity index (χ0n) is 16.6. The predicted molar refractivity (Wildman–Crippen MR) is 112 cm³/mol. The quantitative estimate of drug-likeness (QED) is 0.760. The number of nitrogens with two attached hydrogens (primary N) is 1. The number of benzene rings is 1. The Morgan fingerprint density at radius 3 is 2.46 bits per heavy atom. The molecule has 1 aliphatic rings. The van der Waals surface area contributed by atoms with E-state index in [4.69, 9.17) is 10.5 Å². The molecule has 1 aromatic carbocycles. The van der Waals surface area contributed by atoms with Crippen molar-refractivity contribution in [1.29, 1.82) is 0 Å². The first-order chi connectivity index (χ1) is 11.1. The molecule has 1 fully saturated rings. The number of hydrogen-bond acceptors (Lipinski definition) is 4. The van der Waals surface area contributed by atoms with E-state index in [1.807, 2.05) is 53.9 Å². The van der Waals surface area contributed by atoms with E-state index in [1.54, 1.807) is 0 Å². The van der Waals surface area contributed by atoms with Gasteiger partial charge in [0.2, 0.25) is 5.91 Å². The van der Waals surface area contributed by atoms with Crippen LogP contribution in [0.25, 0.3) is 0 Å². The maximum atomic E-state index is 12.9. The van der Waals surface area contributed by atoms with E-state index in [1.165, 1.54) is 0 Å². The molecule has 0 heterocycles. The van der Waals surface area contributed by atoms with Gasteiger partial charge in [0.15, 0.2) is 0 Å². The number of rotatable bonds is 6. The first-order valence-corrected chi connectivity index (χ1v) is 8.58. The summed E-state index contributed by atoms with van der Waals surface area (Å²) in [5.41, 5.74) is 8.20. The second-order valence-corrected chi connectivity index (χ2v) is 7.68. The third-order valence-corrected chi connectivity index (χ3v) is 5.28. The molecule has 0 aliphatic heterocycles. The Kier molecular flexibility index (Phi) is 9.07. The molecule has 1 aromatic rings. The minimum atomic E-state index is -0.906. The van der Waals surface area contributed by atoms with Crippen molar-refractivity contribution in [2.24, 2.45) is 11.1 Å². The molecular weight excluding hydrogens is 373 g/mol. The van der Waals surface area contributed by atoms with Crippen molar-refractivity contribution in [2.45, 2.75) is 52.3 Å². The summed E-state index contributed by atoms with van der Waals surface area (Å²) in [6, 6.07) is 6.15. The van der Waals surface area contributed by atoms with Gasteiger partial charge in [0.1, 0.15) is 5.54 Å². The number of halogens is 2. The maximum Gasteiger partial charge on any atom is 0.245 e. The second kappa shape index (κ2) is 9.38. The number of aryl methyl sites for hydroxylation is 1. The maximum absolute atomic E-state index is 12.9. The van der Waals surface area contributed by atoms with Crippen LogP contribution in [0.1, 0.15) is 38.3 Å². The van der Waals surface area contributed by atoms with Gasteiger partial charge in [-0.3, -0.25) is 4.79 Å². The third kappa shape index (κ3) is 4.70. The fourth-order valence-corrected chi connectivity index (χ4v) is 3.32. The van der Waals surface area contributed by atoms with Crippen LogP contribution in [0.15, 0.2) is 18.2 Å². The summed E-state index contributed by atoms with van der Waals surface area (Å²) >= 11 is 0. The molecular formula is C19H33Cl2N3O2. The Bertz CT molecular complexity index is 623. The number of ether oxygens (including phenoxy) is 1. The number of amides is 1. The van der Waals surface area contributed by atoms with Gasteiger partial charge in [-0.05, 0) is 45.1 Å². The number of carbonyl (C=O) groups is 1. The smallest absolute Gasteiger partial charge is 0.245 e. The van der Waals surface area contributed by atoms with Crippen molar-refractivity contribution >= 4 is 36.4 Å². The highest BCUT2D eigenvalue weighted by molar-refractivity contribution is 6.00. The molecule has 3 N–H and O–H groups in total. The molecule has 1 aliphatic carbocycles. The molecule has 7 heteroatoms. The minimum Gasteiger partial charge on any atom is -0.378 e. The monoisotopic (exact) mass is 405 g/mol. The van der Waals surface area contributed by atoms with Crippen molar-refractivity contribution in [3.63, 3.8) is 0 Å². The van der Waals surface area contributed by atoms with Crippen molar-refractivity contribution in [3.05, 3.63) is 29.3 Å². The molecule has 1 saturated carbocycles. The summed E-state index contributed by atoms with van der Waals surface area (Å²) in [5, 5.41) is 3.05. The number of carbonyl (C=O) groups excluding carboxylic acids is 1. The molecule has 0 bridgehead atoms. The minimum absolute atomic E-state index is 0. The van der Waals surface area contributed by atoms with Gasteiger partial charge in [0, 0.05) is 30.7 Å². The van der Waals surface area contributed by atoms with Crippen LogP contribution in [0.2, 0.25) is 0 Å². The van der Waals surface area contributed by atoms with Crippen LogP contribution in [0.5, 0.6) is 0 Å². The zero-order valence-corrected chi connectivity index (χ0v) is 18.2. The van der Waals surface area contributed by atoms with E-state index in [2.05, 4.69) is 16.3 Å². The van der Waals surface area contributed by atoms with Crippen LogP contribution in [-0.2, 0) is 16.1 Å². The normalized spacial score (nSPS) is 23.5. The Hall–Kier alpha value is -0.850. The van der Waals surface area contributed by atoms with Crippen molar-refractivity contribution in [3.8, 4) is 0 Å². The Balaban J connectivity index is 0.00000312. The molecule has 0 aromatic heterocycles. The summed E-state index contributed by atoms with van der Waals surface area (Å²) < 4.78 is 5.71. The van der Waals surface area contributed by atoms with Crippen LogP contribution in [0, 0.1) is 12.3 Å². The third-order valence-electron chi connectivity index (χ3n) is 5.28. The van der Waals surface area contributed by atoms with Gasteiger partial charge in [-0.1, -0.05) is 26.0 Å². The van der Waals surface area contributed by atoms with E-state index >= 15 is 0 Å². The lowest BCUT2D eigenvalue weighted by Crippen LogP contribution is -2.74. The molecule has 150 valence electrons. The molecule has 1 amide bonds. The van der Waals surface area contributed by atoms with Crippen molar-refractivity contribution in [1.82, 2.24) is 4.90 Å². The summed E-state index contributed by atoms with van der Waals surface area (Å²) in [6.07, 6.45) is 0.579. The summed E-state index contributed by atoms with van der Waals surface area (Å²) in [4.78, 5) is 15.0. The molecule has 0 radical (unpaired) electrons. The zero-order chi connectivity index (χ0) is 18.1. The average Bonchev–Trinajstić information content (AvgIpc) is 2.49. The van der Waals surface area contributed by atoms with Crippen LogP contribution in [0.3, 0.4) is 0 Å². The van der Waals surface area contributed by atoms with Gasteiger partial charge in [-0.2, -0.15) is 0 Å². The molecule has 5 nitrogen and oxygen atoms in total. The standard InChI is InChI=1S/C19H31N3O2.2ClH/c1-7-24-16-11-19(20,18(16,3)4)17(23)21-15-10-14(12-22(5)6)9-8-13(15)2;;/h8-10,16H,7,11-12,20H2,1-6H3,(H,21,23);2*1H. The topological polar surface area (TPSA) is 67.6 Å². The second-order valence-electron chi connectivity index (χ2n) is 7.68. The fraction of sp³-hybridized carbons (Fsp3) is 0.632. The van der Waals surface area contributed by atoms with E-state index in [0.717, 1.165) is 23.4 Å². The summed E-state index contributed by atoms with van der Waals surface area (Å²) in [7, 11) is 4.05. The van der Waals surface area contributed by atoms with Gasteiger partial charge in [0.05, 0.1) is 6.10 Å². The highest BCUT2D eigenvalue weighted by atomic mass is 35.5. The van der Waals surface area contributed by atoms with E-state index in [0.29, 0.717) is 13.0 Å². The number of nitrogens with zero attached hydrogens (tertiary/aromatic N) is 1. The highest BCUT2D eigenvalue weighted by Crippen LogP contribution is 2.50. The molecule has 2 atom stereocenters. The van der Waals surface area contributed by atoms with Gasteiger partial charge in [-0.15, -0.1) is 24.8 Å². The lowest BCUT2D eigenvalue weighted by molar-refractivity contribution is -0.166. The Morgan fingerprint density at radius 2 is 1.96 bits per heavy atom. The predicted octanol–water partition coefficient (Wildman–Crippen LogP) is 3.37. The highest BCUT2D eigenvalue weighted by Gasteiger charge is 2.62. The van der Waals surface area contributed by atoms with Gasteiger partial charge in [-0.25, -0.2) is 0 Å². The molecule has 2 unspecified atom stereocenters. The Labute approximate surface area is 169 Å². The lowest BCUT2D eigenvalue weighted by atomic mass is 9.54. The van der Waals surface area contributed by atoms with Gasteiger partial charge >= 0.3 is 0 Å². The van der Waals surface area contributed by atoms with Crippen molar-refractivity contribution < 1.29 is 9.53 Å².